The van der Waals surface area contributed by atoms with E-state index < -0.39 is 17.6 Å². The van der Waals surface area contributed by atoms with Gasteiger partial charge >= 0.3 is 12.1 Å². The summed E-state index contributed by atoms with van der Waals surface area (Å²) in [6, 6.07) is 16.2. The molecule has 134 valence electrons. The lowest BCUT2D eigenvalue weighted by Gasteiger charge is -2.39. The van der Waals surface area contributed by atoms with E-state index in [0.29, 0.717) is 16.8 Å². The van der Waals surface area contributed by atoms with Gasteiger partial charge in [0.25, 0.3) is 0 Å². The summed E-state index contributed by atoms with van der Waals surface area (Å²) in [6.07, 6.45) is -0.129. The number of nitrogens with one attached hydrogen (secondary N) is 1. The van der Waals surface area contributed by atoms with Gasteiger partial charge in [0, 0.05) is 11.8 Å². The van der Waals surface area contributed by atoms with Crippen LogP contribution in [0, 0.1) is 0 Å². The quantitative estimate of drug-likeness (QED) is 0.714. The molecule has 3 rings (SSSR count). The number of carbonyl (C=O) groups is 2. The van der Waals surface area contributed by atoms with Gasteiger partial charge in [0.2, 0.25) is 0 Å². The average Bonchev–Trinajstić information content (AvgIpc) is 2.64. The average molecular weight is 354 g/mol. The number of carboxylic acids is 1. The first-order valence-electron chi connectivity index (χ1n) is 7.93. The van der Waals surface area contributed by atoms with Crippen molar-refractivity contribution in [1.82, 2.24) is 10.4 Å². The highest BCUT2D eigenvalue weighted by molar-refractivity contribution is 5.90. The Morgan fingerprint density at radius 3 is 2.38 bits per heavy atom. The number of benzene rings is 2. The number of aliphatic carboxylic acids is 1. The topological polar surface area (TPSA) is 99.1 Å². The third-order valence-corrected chi connectivity index (χ3v) is 4.37. The molecule has 1 unspecified atom stereocenters. The fourth-order valence-electron chi connectivity index (χ4n) is 2.92. The van der Waals surface area contributed by atoms with Gasteiger partial charge in [-0.15, -0.1) is 0 Å². The molecular formula is C19H18N2O5. The smallest absolute Gasteiger partial charge is 0.412 e. The van der Waals surface area contributed by atoms with E-state index in [1.165, 1.54) is 13.1 Å². The second kappa shape index (κ2) is 6.89. The summed E-state index contributed by atoms with van der Waals surface area (Å²) in [5.41, 5.74) is 3.27. The second-order valence-electron chi connectivity index (χ2n) is 5.99. The van der Waals surface area contributed by atoms with Gasteiger partial charge in [0.05, 0.1) is 12.3 Å². The number of carboxylic acid groups (broad SMARTS) is 2. The van der Waals surface area contributed by atoms with Crippen LogP contribution in [0.3, 0.4) is 0 Å². The molecule has 0 aliphatic carbocycles. The maximum atomic E-state index is 11.9. The minimum absolute atomic E-state index is 0.267. The van der Waals surface area contributed by atoms with E-state index in [1.807, 2.05) is 30.3 Å². The molecule has 1 aliphatic heterocycles. The molecule has 2 aromatic carbocycles. The summed E-state index contributed by atoms with van der Waals surface area (Å²) < 4.78 is 0. The molecule has 0 aromatic heterocycles. The molecule has 2 aromatic rings. The zero-order chi connectivity index (χ0) is 18.7. The monoisotopic (exact) mass is 354 g/mol. The lowest BCUT2D eigenvalue weighted by molar-refractivity contribution is -0.148. The third kappa shape index (κ3) is 3.00. The third-order valence-electron chi connectivity index (χ3n) is 4.37. The van der Waals surface area contributed by atoms with Gasteiger partial charge in [0.1, 0.15) is 0 Å². The minimum atomic E-state index is -1.73. The predicted molar refractivity (Wildman–Crippen MR) is 93.6 cm³/mol. The first-order valence-corrected chi connectivity index (χ1v) is 7.93. The Morgan fingerprint density at radius 1 is 1.08 bits per heavy atom. The number of rotatable bonds is 5. The van der Waals surface area contributed by atoms with Gasteiger partial charge in [-0.2, -0.15) is 0 Å². The van der Waals surface area contributed by atoms with Crippen LogP contribution < -0.4 is 5.48 Å². The van der Waals surface area contributed by atoms with Crippen molar-refractivity contribution in [1.29, 1.82) is 0 Å². The Balaban J connectivity index is 1.92. The number of hydroxylamine groups is 1. The van der Waals surface area contributed by atoms with Gasteiger partial charge in [-0.05, 0) is 18.1 Å². The Kier molecular flexibility index (Phi) is 4.64. The van der Waals surface area contributed by atoms with E-state index in [2.05, 4.69) is 5.48 Å². The molecule has 26 heavy (non-hydrogen) atoms. The highest BCUT2D eigenvalue weighted by Crippen LogP contribution is 2.38. The zero-order valence-corrected chi connectivity index (χ0v) is 14.0. The van der Waals surface area contributed by atoms with E-state index in [0.717, 1.165) is 10.5 Å². The molecule has 1 atom stereocenters. The molecule has 0 bridgehead atoms. The van der Waals surface area contributed by atoms with E-state index >= 15 is 0 Å². The van der Waals surface area contributed by atoms with Crippen LogP contribution in [-0.4, -0.2) is 27.2 Å². The van der Waals surface area contributed by atoms with Gasteiger partial charge in [-0.25, -0.2) is 9.59 Å². The second-order valence-corrected chi connectivity index (χ2v) is 5.99. The van der Waals surface area contributed by atoms with E-state index in [-0.39, 0.29) is 6.61 Å². The van der Waals surface area contributed by atoms with Crippen LogP contribution in [0.1, 0.15) is 23.6 Å². The molecule has 1 aliphatic rings. The van der Waals surface area contributed by atoms with Crippen molar-refractivity contribution in [3.63, 3.8) is 0 Å². The van der Waals surface area contributed by atoms with Crippen LogP contribution in [0.2, 0.25) is 0 Å². The number of hydrogen-bond acceptors (Lipinski definition) is 4. The van der Waals surface area contributed by atoms with Crippen molar-refractivity contribution in [3.8, 4) is 0 Å². The number of amides is 1. The van der Waals surface area contributed by atoms with Crippen LogP contribution in [0.5, 0.6) is 0 Å². The van der Waals surface area contributed by atoms with Crippen molar-refractivity contribution in [2.75, 3.05) is 0 Å². The summed E-state index contributed by atoms with van der Waals surface area (Å²) in [5.74, 6) is -1.26. The predicted octanol–water partition coefficient (Wildman–Crippen LogP) is 3.00. The van der Waals surface area contributed by atoms with Crippen molar-refractivity contribution < 1.29 is 24.6 Å². The molecule has 0 fully saturated rings. The molecular weight excluding hydrogens is 336 g/mol. The highest BCUT2D eigenvalue weighted by atomic mass is 16.6. The fourth-order valence-corrected chi connectivity index (χ4v) is 2.92. The summed E-state index contributed by atoms with van der Waals surface area (Å²) >= 11 is 0. The first kappa shape index (κ1) is 17.5. The van der Waals surface area contributed by atoms with E-state index in [1.54, 1.807) is 24.3 Å². The maximum Gasteiger partial charge on any atom is 0.412 e. The molecule has 0 saturated heterocycles. The Bertz CT molecular complexity index is 865. The summed E-state index contributed by atoms with van der Waals surface area (Å²) in [5, 5.41) is 19.2. The van der Waals surface area contributed by atoms with Gasteiger partial charge in [0.15, 0.2) is 5.54 Å². The van der Waals surface area contributed by atoms with Crippen LogP contribution in [-0.2, 0) is 21.8 Å². The van der Waals surface area contributed by atoms with Crippen molar-refractivity contribution in [2.24, 2.45) is 0 Å². The van der Waals surface area contributed by atoms with Crippen LogP contribution in [0.15, 0.2) is 60.8 Å². The van der Waals surface area contributed by atoms with Gasteiger partial charge in [-0.1, -0.05) is 54.6 Å². The minimum Gasteiger partial charge on any atom is -0.479 e. The van der Waals surface area contributed by atoms with Crippen molar-refractivity contribution in [3.05, 3.63) is 77.5 Å². The molecule has 7 heteroatoms. The Labute approximate surface area is 150 Å². The van der Waals surface area contributed by atoms with Crippen LogP contribution in [0.4, 0.5) is 4.79 Å². The zero-order valence-electron chi connectivity index (χ0n) is 14.0. The number of fused-ring (bicyclic) bond motifs is 1. The molecule has 1 heterocycles. The summed E-state index contributed by atoms with van der Waals surface area (Å²) in [4.78, 5) is 29.8. The Hall–Kier alpha value is -3.32. The summed E-state index contributed by atoms with van der Waals surface area (Å²) in [7, 11) is 0. The fraction of sp³-hybridized carbons (Fsp3) is 0.158. The highest BCUT2D eigenvalue weighted by Gasteiger charge is 2.48. The molecule has 1 amide bonds. The normalized spacial score (nSPS) is 18.7. The summed E-state index contributed by atoms with van der Waals surface area (Å²) in [6.45, 7) is 1.63. The SMILES string of the molecule is CC1(C(=O)O)c2ccccc2C(NOCc2ccccc2)=CN1C(=O)O. The molecule has 3 N–H and O–H groups in total. The van der Waals surface area contributed by atoms with Crippen LogP contribution >= 0.6 is 0 Å². The van der Waals surface area contributed by atoms with Crippen molar-refractivity contribution >= 4 is 17.8 Å². The lowest BCUT2D eigenvalue weighted by Crippen LogP contribution is -2.52. The van der Waals surface area contributed by atoms with E-state index in [4.69, 9.17) is 4.84 Å². The molecule has 7 nitrogen and oxygen atoms in total. The van der Waals surface area contributed by atoms with E-state index in [9.17, 15) is 19.8 Å². The number of nitrogens with zero attached hydrogens (tertiary/aromatic N) is 1. The largest absolute Gasteiger partial charge is 0.479 e. The maximum absolute atomic E-state index is 11.9. The first-order chi connectivity index (χ1) is 12.4. The standard InChI is InChI=1S/C19H18N2O5/c1-19(17(22)23)15-10-6-5-9-14(15)16(11-21(19)18(24)25)20-26-12-13-7-3-2-4-8-13/h2-11,20H,12H2,1H3,(H,22,23)(H,24,25). The Morgan fingerprint density at radius 2 is 1.73 bits per heavy atom. The molecule has 0 saturated carbocycles. The van der Waals surface area contributed by atoms with Gasteiger partial charge in [-0.3, -0.25) is 15.2 Å². The van der Waals surface area contributed by atoms with Crippen molar-refractivity contribution in [2.45, 2.75) is 19.1 Å². The van der Waals surface area contributed by atoms with Gasteiger partial charge < -0.3 is 10.2 Å². The lowest BCUT2D eigenvalue weighted by atomic mass is 9.83. The molecule has 0 radical (unpaired) electrons. The number of hydrogen-bond donors (Lipinski definition) is 3. The molecule has 0 spiro atoms. The van der Waals surface area contributed by atoms with Crippen LogP contribution in [0.25, 0.3) is 5.70 Å².